The number of aryl methyl sites for hydroxylation is 1. The number of Topliss-reactive ketones (excluding diaryl/α,β-unsaturated/α-hetero) is 1. The van der Waals surface area contributed by atoms with Gasteiger partial charge in [0, 0.05) is 13.0 Å². The van der Waals surface area contributed by atoms with Gasteiger partial charge in [-0.3, -0.25) is 14.2 Å². The van der Waals surface area contributed by atoms with Gasteiger partial charge in [0.1, 0.15) is 11.5 Å². The van der Waals surface area contributed by atoms with Crippen molar-refractivity contribution in [1.29, 1.82) is 5.26 Å². The summed E-state index contributed by atoms with van der Waals surface area (Å²) in [6.07, 6.45) is 3.69. The Kier molecular flexibility index (Phi) is 5.66. The molecule has 3 N–H and O–H groups in total. The van der Waals surface area contributed by atoms with Gasteiger partial charge in [-0.25, -0.2) is 9.78 Å². The summed E-state index contributed by atoms with van der Waals surface area (Å²) in [5, 5.41) is 9.40. The van der Waals surface area contributed by atoms with Crippen molar-refractivity contribution < 1.29 is 20.1 Å². The van der Waals surface area contributed by atoms with E-state index in [0.29, 0.717) is 17.4 Å². The van der Waals surface area contributed by atoms with Crippen molar-refractivity contribution in [1.82, 2.24) is 9.55 Å². The summed E-state index contributed by atoms with van der Waals surface area (Å²) in [7, 11) is 0. The summed E-state index contributed by atoms with van der Waals surface area (Å²) in [6, 6.07) is 6.31. The number of rotatable bonds is 5. The monoisotopic (exact) mass is 381 g/mol. The molecule has 0 bridgehead atoms. The number of fused-ring (bicyclic) bond motifs is 2. The molecular weight excluding hydrogens is 360 g/mol. The molecule has 0 saturated carbocycles. The summed E-state index contributed by atoms with van der Waals surface area (Å²) in [4.78, 5) is 41.5. The molecule has 1 aromatic carbocycles. The van der Waals surface area contributed by atoms with E-state index in [1.54, 1.807) is 16.7 Å². The number of hydrogen-bond donors (Lipinski definition) is 1. The van der Waals surface area contributed by atoms with Gasteiger partial charge in [0.2, 0.25) is 0 Å². The third-order valence-corrected chi connectivity index (χ3v) is 4.76. The predicted octanol–water partition coefficient (Wildman–Crippen LogP) is 0.744. The summed E-state index contributed by atoms with van der Waals surface area (Å²) < 4.78 is 6.72. The van der Waals surface area contributed by atoms with E-state index in [1.807, 2.05) is 0 Å². The van der Waals surface area contributed by atoms with Crippen LogP contribution in [0.2, 0.25) is 0 Å². The number of benzene rings is 1. The molecule has 0 fully saturated rings. The van der Waals surface area contributed by atoms with Crippen LogP contribution in [-0.2, 0) is 22.5 Å². The fraction of sp³-hybridized carbons (Fsp3) is 0.350. The molecule has 8 heteroatoms. The zero-order chi connectivity index (χ0) is 20.3. The van der Waals surface area contributed by atoms with Gasteiger partial charge in [-0.15, -0.1) is 0 Å². The van der Waals surface area contributed by atoms with Gasteiger partial charge >= 0.3 is 5.97 Å². The lowest BCUT2D eigenvalue weighted by atomic mass is 10.0. The molecule has 3 rings (SSSR count). The highest BCUT2D eigenvalue weighted by atomic mass is 16.5. The molecule has 1 aliphatic rings. The zero-order valence-corrected chi connectivity index (χ0v) is 15.4. The highest BCUT2D eigenvalue weighted by Gasteiger charge is 2.24. The van der Waals surface area contributed by atoms with Crippen LogP contribution in [0.4, 0.5) is 0 Å². The first-order valence-electron chi connectivity index (χ1n) is 9.06. The largest absolute Gasteiger partial charge is 0.454 e. The number of hydrogen-bond acceptors (Lipinski definition) is 6. The van der Waals surface area contributed by atoms with Gasteiger partial charge in [0.15, 0.2) is 18.3 Å². The Morgan fingerprint density at radius 3 is 2.86 bits per heavy atom. The molecule has 0 unspecified atom stereocenters. The van der Waals surface area contributed by atoms with E-state index in [4.69, 9.17) is 10.00 Å². The van der Waals surface area contributed by atoms with Crippen molar-refractivity contribution in [3.05, 3.63) is 52.2 Å². The van der Waals surface area contributed by atoms with E-state index < -0.39 is 24.3 Å². The van der Waals surface area contributed by atoms with Gasteiger partial charge in [-0.1, -0.05) is 6.42 Å². The van der Waals surface area contributed by atoms with E-state index in [-0.39, 0.29) is 16.8 Å². The van der Waals surface area contributed by atoms with Crippen molar-refractivity contribution in [2.24, 2.45) is 5.92 Å². The highest BCUT2D eigenvalue weighted by Crippen LogP contribution is 2.17. The number of quaternary nitrogens is 1. The van der Waals surface area contributed by atoms with Crippen LogP contribution in [0, 0.1) is 17.2 Å². The van der Waals surface area contributed by atoms with Crippen molar-refractivity contribution in [2.75, 3.05) is 6.61 Å². The second-order valence-electron chi connectivity index (χ2n) is 6.79. The van der Waals surface area contributed by atoms with Gasteiger partial charge in [0.05, 0.1) is 22.5 Å². The fourth-order valence-corrected chi connectivity index (χ4v) is 3.24. The minimum atomic E-state index is -1.11. The Bertz CT molecular complexity index is 1060. The first kappa shape index (κ1) is 19.5. The number of aromatic nitrogens is 2. The van der Waals surface area contributed by atoms with Crippen molar-refractivity contribution in [3.63, 3.8) is 0 Å². The van der Waals surface area contributed by atoms with Gasteiger partial charge in [0.25, 0.3) is 5.56 Å². The summed E-state index contributed by atoms with van der Waals surface area (Å²) >= 11 is 0. The lowest BCUT2D eigenvalue weighted by Gasteiger charge is -2.11. The van der Waals surface area contributed by atoms with Crippen molar-refractivity contribution >= 4 is 22.7 Å². The highest BCUT2D eigenvalue weighted by molar-refractivity contribution is 5.96. The lowest BCUT2D eigenvalue weighted by molar-refractivity contribution is -0.309. The number of ketones is 1. The van der Waals surface area contributed by atoms with Gasteiger partial charge in [-0.2, -0.15) is 5.26 Å². The molecule has 0 saturated heterocycles. The Hall–Kier alpha value is -3.31. The number of ether oxygens (including phenoxy) is 1. The molecule has 2 heterocycles. The van der Waals surface area contributed by atoms with Crippen molar-refractivity contribution in [2.45, 2.75) is 32.2 Å². The molecular formula is C20H21N4O4+. The van der Waals surface area contributed by atoms with E-state index in [1.165, 1.54) is 12.1 Å². The van der Waals surface area contributed by atoms with Crippen LogP contribution in [0.15, 0.2) is 35.3 Å². The molecule has 28 heavy (non-hydrogen) atoms. The average molecular weight is 381 g/mol. The Labute approximate surface area is 161 Å². The molecule has 8 nitrogen and oxygen atoms in total. The smallest absolute Gasteiger partial charge is 0.338 e. The maximum absolute atomic E-state index is 12.7. The van der Waals surface area contributed by atoms with Crippen LogP contribution in [0.1, 0.15) is 35.4 Å². The van der Waals surface area contributed by atoms with Gasteiger partial charge < -0.3 is 10.5 Å². The average Bonchev–Trinajstić information content (AvgIpc) is 2.91. The van der Waals surface area contributed by atoms with E-state index in [0.717, 1.165) is 31.5 Å². The topological polar surface area (TPSA) is 130 Å². The second-order valence-corrected chi connectivity index (χ2v) is 6.79. The number of allylic oxidation sites excluding steroid dienone is 1. The van der Waals surface area contributed by atoms with E-state index >= 15 is 0 Å². The number of nitriles is 1. The molecule has 0 radical (unpaired) electrons. The number of esters is 1. The molecule has 0 amide bonds. The van der Waals surface area contributed by atoms with Crippen LogP contribution in [-0.4, -0.2) is 27.9 Å². The molecule has 2 aromatic rings. The summed E-state index contributed by atoms with van der Waals surface area (Å²) in [5.41, 5.74) is 4.14. The van der Waals surface area contributed by atoms with Crippen LogP contribution >= 0.6 is 0 Å². The minimum absolute atomic E-state index is 0.109. The standard InChI is InChI=1S/C20H20N4O4/c1-12(22)15(10-21)17(25)11-28-20(27)13-6-7-14-16(9-13)23-18-5-3-2-4-8-24(18)19(14)26/h6-7,9,15H,1-5,8,11,22H2/p+1/t15-/m0/s1. The Morgan fingerprint density at radius 1 is 1.36 bits per heavy atom. The molecule has 1 aromatic heterocycles. The summed E-state index contributed by atoms with van der Waals surface area (Å²) in [6.45, 7) is 3.58. The normalized spacial score (nSPS) is 14.4. The van der Waals surface area contributed by atoms with Crippen LogP contribution in [0.25, 0.3) is 10.9 Å². The zero-order valence-electron chi connectivity index (χ0n) is 15.4. The quantitative estimate of drug-likeness (QED) is 0.761. The number of carbonyl (C=O) groups is 2. The third kappa shape index (κ3) is 3.85. The Balaban J connectivity index is 1.83. The maximum atomic E-state index is 12.7. The molecule has 1 atom stereocenters. The van der Waals surface area contributed by atoms with Crippen LogP contribution < -0.4 is 11.3 Å². The van der Waals surface area contributed by atoms with Crippen LogP contribution in [0.3, 0.4) is 0 Å². The lowest BCUT2D eigenvalue weighted by Crippen LogP contribution is -2.51. The Morgan fingerprint density at radius 2 is 2.14 bits per heavy atom. The first-order valence-corrected chi connectivity index (χ1v) is 9.06. The second kappa shape index (κ2) is 8.15. The van der Waals surface area contributed by atoms with Crippen LogP contribution in [0.5, 0.6) is 0 Å². The first-order chi connectivity index (χ1) is 13.4. The van der Waals surface area contributed by atoms with E-state index in [2.05, 4.69) is 17.3 Å². The molecule has 0 spiro atoms. The maximum Gasteiger partial charge on any atom is 0.338 e. The molecule has 144 valence electrons. The predicted molar refractivity (Wildman–Crippen MR) is 100.0 cm³/mol. The molecule has 1 aliphatic heterocycles. The van der Waals surface area contributed by atoms with Gasteiger partial charge in [-0.05, 0) is 37.6 Å². The number of nitrogens with zero attached hydrogens (tertiary/aromatic N) is 3. The van der Waals surface area contributed by atoms with Crippen molar-refractivity contribution in [3.8, 4) is 6.07 Å². The van der Waals surface area contributed by atoms with E-state index in [9.17, 15) is 14.4 Å². The fourth-order valence-electron chi connectivity index (χ4n) is 3.24. The molecule has 0 aliphatic carbocycles. The third-order valence-electron chi connectivity index (χ3n) is 4.76. The number of carbonyl (C=O) groups excluding carboxylic acids is 2. The SMILES string of the molecule is C=C([NH3+])[C@H](C#N)C(=O)COC(=O)c1ccc2c(=O)n3c(nc2c1)CCCCC3. The minimum Gasteiger partial charge on any atom is -0.454 e. The summed E-state index contributed by atoms with van der Waals surface area (Å²) in [5.74, 6) is -1.69.